The van der Waals surface area contributed by atoms with Crippen molar-refractivity contribution in [1.29, 1.82) is 0 Å². The van der Waals surface area contributed by atoms with E-state index in [0.717, 1.165) is 42.9 Å². The molecule has 7 heteroatoms. The number of aryl methyl sites for hydroxylation is 2. The molecular formula is C25H32ClN5O. The first-order valence-electron chi connectivity index (χ1n) is 10.9. The van der Waals surface area contributed by atoms with Crippen LogP contribution in [0.5, 0.6) is 0 Å². The number of hydrogen-bond acceptors (Lipinski definition) is 4. The Morgan fingerprint density at radius 2 is 1.91 bits per heavy atom. The molecule has 170 valence electrons. The zero-order valence-electron chi connectivity index (χ0n) is 19.5. The summed E-state index contributed by atoms with van der Waals surface area (Å²) in [6, 6.07) is 6.18. The van der Waals surface area contributed by atoms with Gasteiger partial charge < -0.3 is 9.80 Å². The largest absolute Gasteiger partial charge is 0.369 e. The van der Waals surface area contributed by atoms with Crippen molar-refractivity contribution in [3.8, 4) is 0 Å². The van der Waals surface area contributed by atoms with Crippen molar-refractivity contribution in [1.82, 2.24) is 19.7 Å². The van der Waals surface area contributed by atoms with Gasteiger partial charge in [-0.1, -0.05) is 17.7 Å². The number of H-pyrrole nitrogens is 1. The molecule has 0 radical (unpaired) electrons. The van der Waals surface area contributed by atoms with Crippen LogP contribution in [0, 0.1) is 13.8 Å². The van der Waals surface area contributed by atoms with E-state index in [-0.39, 0.29) is 5.56 Å². The zero-order chi connectivity index (χ0) is 23.3. The highest BCUT2D eigenvalue weighted by Crippen LogP contribution is 2.20. The van der Waals surface area contributed by atoms with Gasteiger partial charge in [-0.3, -0.25) is 14.9 Å². The van der Waals surface area contributed by atoms with Gasteiger partial charge in [-0.15, -0.1) is 0 Å². The molecule has 1 N–H and O–H groups in total. The summed E-state index contributed by atoms with van der Waals surface area (Å²) in [6.07, 6.45) is 9.12. The third-order valence-electron chi connectivity index (χ3n) is 5.58. The molecule has 0 aliphatic carbocycles. The Morgan fingerprint density at radius 1 is 1.19 bits per heavy atom. The maximum Gasteiger partial charge on any atom is 0.280 e. The highest BCUT2D eigenvalue weighted by molar-refractivity contribution is 6.29. The molecule has 0 amide bonds. The van der Waals surface area contributed by atoms with Crippen molar-refractivity contribution in [2.24, 2.45) is 0 Å². The minimum atomic E-state index is -0.141. The highest BCUT2D eigenvalue weighted by atomic mass is 35.5. The van der Waals surface area contributed by atoms with E-state index in [9.17, 15) is 4.79 Å². The highest BCUT2D eigenvalue weighted by Gasteiger charge is 2.15. The van der Waals surface area contributed by atoms with Gasteiger partial charge >= 0.3 is 0 Å². The first kappa shape index (κ1) is 23.8. The molecular weight excluding hydrogens is 422 g/mol. The molecule has 6 nitrogen and oxygen atoms in total. The number of hydrogen-bond donors (Lipinski definition) is 1. The van der Waals surface area contributed by atoms with E-state index < -0.39 is 0 Å². The number of allylic oxidation sites excluding steroid dienone is 6. The van der Waals surface area contributed by atoms with Crippen molar-refractivity contribution in [2.75, 3.05) is 38.1 Å². The second-order valence-corrected chi connectivity index (χ2v) is 8.71. The first-order chi connectivity index (χ1) is 15.3. The van der Waals surface area contributed by atoms with Crippen LogP contribution in [-0.2, 0) is 0 Å². The van der Waals surface area contributed by atoms with E-state index in [1.54, 1.807) is 23.9 Å². The lowest BCUT2D eigenvalue weighted by Crippen LogP contribution is -2.44. The molecule has 1 saturated heterocycles. The van der Waals surface area contributed by atoms with Crippen LogP contribution in [0.15, 0.2) is 58.5 Å². The fraction of sp³-hybridized carbons (Fsp3) is 0.360. The maximum atomic E-state index is 13.5. The Morgan fingerprint density at radius 3 is 2.56 bits per heavy atom. The lowest BCUT2D eigenvalue weighted by Gasteiger charge is -2.33. The van der Waals surface area contributed by atoms with Crippen molar-refractivity contribution < 1.29 is 0 Å². The Hall–Kier alpha value is -2.83. The summed E-state index contributed by atoms with van der Waals surface area (Å²) in [7, 11) is 2.15. The number of likely N-dealkylation sites (N-methyl/N-ethyl adjacent to an activating group) is 1. The average Bonchev–Trinajstić information content (AvgIpc) is 3.10. The minimum absolute atomic E-state index is 0.141. The van der Waals surface area contributed by atoms with Gasteiger partial charge in [0.15, 0.2) is 0 Å². The van der Waals surface area contributed by atoms with Crippen molar-refractivity contribution >= 4 is 33.9 Å². The van der Waals surface area contributed by atoms with E-state index in [1.807, 2.05) is 45.1 Å². The van der Waals surface area contributed by atoms with Gasteiger partial charge in [0.1, 0.15) is 0 Å². The Labute approximate surface area is 194 Å². The van der Waals surface area contributed by atoms with Gasteiger partial charge in [-0.25, -0.2) is 4.68 Å². The fourth-order valence-electron chi connectivity index (χ4n) is 3.78. The van der Waals surface area contributed by atoms with E-state index >= 15 is 0 Å². The van der Waals surface area contributed by atoms with E-state index in [1.165, 1.54) is 0 Å². The van der Waals surface area contributed by atoms with Crippen molar-refractivity contribution in [3.05, 3.63) is 75.3 Å². The van der Waals surface area contributed by atoms with Gasteiger partial charge in [-0.2, -0.15) is 0 Å². The first-order valence-corrected chi connectivity index (χ1v) is 11.3. The van der Waals surface area contributed by atoms with Crippen LogP contribution in [-0.4, -0.2) is 52.9 Å². The van der Waals surface area contributed by atoms with Gasteiger partial charge in [0, 0.05) is 43.1 Å². The molecule has 0 unspecified atom stereocenters. The fourth-order valence-corrected chi connectivity index (χ4v) is 3.84. The third-order valence-corrected chi connectivity index (χ3v) is 5.71. The van der Waals surface area contributed by atoms with Gasteiger partial charge in [-0.05, 0) is 76.7 Å². The molecule has 0 atom stereocenters. The van der Waals surface area contributed by atoms with E-state index in [4.69, 9.17) is 11.6 Å². The molecule has 0 spiro atoms. The SMILES string of the molecule is C\C=C/C(=C\C=C(/C)Cl)n1[nH]c2c(C)cc(N3CCN(C)CC3)cccnc(C)c2c1=O. The number of nitrogens with zero attached hydrogens (tertiary/aromatic N) is 4. The number of aromatic amines is 1. The van der Waals surface area contributed by atoms with Gasteiger partial charge in [0.05, 0.1) is 22.3 Å². The molecule has 0 bridgehead atoms. The lowest BCUT2D eigenvalue weighted by atomic mass is 10.1. The van der Waals surface area contributed by atoms with Crippen LogP contribution in [0.4, 0.5) is 5.69 Å². The van der Waals surface area contributed by atoms with Crippen LogP contribution in [0.3, 0.4) is 0 Å². The Kier molecular flexibility index (Phi) is 7.94. The standard InChI is InChI=1S/C25H32ClN5O/c1-6-8-21(11-10-19(3)26)31-25(32)23-20(4)27-12-7-9-22(17-18(2)24(23)28-31)30-15-13-29(5)14-16-30/h6-12,17,28H,13-16H2,1-5H3/b8-6-,9-7?,12-7?,18-17?,19-10+,21-11+,22-9?,22-17?,23-20?,24-18?,27-12?,27-20?. The topological polar surface area (TPSA) is 57.2 Å². The number of halogens is 1. The predicted octanol–water partition coefficient (Wildman–Crippen LogP) is 4.78. The molecule has 1 aliphatic rings. The monoisotopic (exact) mass is 453 g/mol. The molecule has 3 heterocycles. The maximum absolute atomic E-state index is 13.5. The van der Waals surface area contributed by atoms with Crippen LogP contribution in [0.25, 0.3) is 16.6 Å². The summed E-state index contributed by atoms with van der Waals surface area (Å²) < 4.78 is 1.55. The molecule has 0 aromatic carbocycles. The Balaban J connectivity index is 2.28. The van der Waals surface area contributed by atoms with Crippen molar-refractivity contribution in [3.63, 3.8) is 0 Å². The third kappa shape index (κ3) is 5.50. The van der Waals surface area contributed by atoms with E-state index in [2.05, 4.69) is 39.1 Å². The summed E-state index contributed by atoms with van der Waals surface area (Å²) in [5, 5.41) is 4.53. The summed E-state index contributed by atoms with van der Waals surface area (Å²) in [5.74, 6) is 0. The lowest BCUT2D eigenvalue weighted by molar-refractivity contribution is 0.313. The molecule has 3 rings (SSSR count). The van der Waals surface area contributed by atoms with Gasteiger partial charge in [0.25, 0.3) is 5.56 Å². The Bertz CT molecular complexity index is 1170. The second-order valence-electron chi connectivity index (χ2n) is 8.11. The number of piperazine rings is 1. The summed E-state index contributed by atoms with van der Waals surface area (Å²) >= 11 is 6.02. The van der Waals surface area contributed by atoms with Crippen molar-refractivity contribution in [2.45, 2.75) is 27.7 Å². The van der Waals surface area contributed by atoms with Crippen LogP contribution in [0.1, 0.15) is 25.1 Å². The molecule has 32 heavy (non-hydrogen) atoms. The number of nitrogens with one attached hydrogen (secondary N) is 1. The number of anilines is 1. The summed E-state index contributed by atoms with van der Waals surface area (Å²) in [4.78, 5) is 22.7. The quantitative estimate of drug-likeness (QED) is 0.677. The van der Waals surface area contributed by atoms with Crippen LogP contribution in [0.2, 0.25) is 0 Å². The van der Waals surface area contributed by atoms with E-state index in [0.29, 0.717) is 21.8 Å². The van der Waals surface area contributed by atoms with Crippen LogP contribution >= 0.6 is 11.6 Å². The summed E-state index contributed by atoms with van der Waals surface area (Å²) in [6.45, 7) is 11.6. The number of fused-ring (bicyclic) bond motifs is 1. The molecule has 1 fully saturated rings. The number of aromatic nitrogens is 3. The molecule has 0 saturated carbocycles. The summed E-state index contributed by atoms with van der Waals surface area (Å²) in [5.41, 5.74) is 4.10. The minimum Gasteiger partial charge on any atom is -0.369 e. The molecule has 2 aromatic rings. The second kappa shape index (κ2) is 10.7. The average molecular weight is 454 g/mol. The smallest absolute Gasteiger partial charge is 0.280 e. The van der Waals surface area contributed by atoms with Gasteiger partial charge in [0.2, 0.25) is 0 Å². The van der Waals surface area contributed by atoms with Crippen LogP contribution < -0.4 is 10.5 Å². The normalized spacial score (nSPS) is 16.1. The zero-order valence-corrected chi connectivity index (χ0v) is 20.3. The molecule has 2 aromatic heterocycles. The number of rotatable bonds is 4. The molecule has 1 aliphatic heterocycles. The predicted molar refractivity (Wildman–Crippen MR) is 136 cm³/mol.